The van der Waals surface area contributed by atoms with Crippen molar-refractivity contribution >= 4 is 21.1 Å². The van der Waals surface area contributed by atoms with Crippen LogP contribution in [0.3, 0.4) is 0 Å². The van der Waals surface area contributed by atoms with Crippen LogP contribution in [0, 0.1) is 29.6 Å². The van der Waals surface area contributed by atoms with Crippen LogP contribution < -0.4 is 0 Å². The van der Waals surface area contributed by atoms with Crippen LogP contribution in [0.2, 0.25) is 9.38 Å². The SMILES string of the molecule is CCCCC(CC)COCC(CC)CCCC.CCCCC(CC)COCC(CC)CCCC.CCCCC(CC)[CH2][Sn][CH3]. The fourth-order valence-corrected chi connectivity index (χ4v) is 8.68. The molecule has 5 atom stereocenters. The predicted molar refractivity (Wildman–Crippen MR) is 205 cm³/mol. The van der Waals surface area contributed by atoms with Gasteiger partial charge in [0.15, 0.2) is 0 Å². The first-order chi connectivity index (χ1) is 21.4. The van der Waals surface area contributed by atoms with E-state index in [0.29, 0.717) is 0 Å². The molecule has 0 aromatic rings. The third-order valence-corrected chi connectivity index (χ3v) is 12.4. The van der Waals surface area contributed by atoms with E-state index in [9.17, 15) is 0 Å². The molecule has 3 heteroatoms. The van der Waals surface area contributed by atoms with Crippen LogP contribution >= 0.6 is 0 Å². The van der Waals surface area contributed by atoms with E-state index < -0.39 is 0 Å². The molecule has 0 bridgehead atoms. The first-order valence-corrected chi connectivity index (χ1v) is 25.1. The summed E-state index contributed by atoms with van der Waals surface area (Å²) in [5, 5.41) is 0. The zero-order valence-electron chi connectivity index (χ0n) is 32.9. The van der Waals surface area contributed by atoms with Gasteiger partial charge in [-0.05, 0) is 49.4 Å². The Balaban J connectivity index is -0.000000594. The molecule has 0 aliphatic heterocycles. The summed E-state index contributed by atoms with van der Waals surface area (Å²) in [6.07, 6.45) is 26.9. The third-order valence-electron chi connectivity index (χ3n) is 9.62. The average Bonchev–Trinajstić information content (AvgIpc) is 3.05. The Morgan fingerprint density at radius 1 is 0.364 bits per heavy atom. The summed E-state index contributed by atoms with van der Waals surface area (Å²) in [7, 11) is 0. The van der Waals surface area contributed by atoms with E-state index in [1.807, 2.05) is 0 Å². The van der Waals surface area contributed by atoms with Crippen LogP contribution in [-0.2, 0) is 9.47 Å². The molecule has 0 heterocycles. The van der Waals surface area contributed by atoms with Crippen molar-refractivity contribution < 1.29 is 9.47 Å². The van der Waals surface area contributed by atoms with Gasteiger partial charge in [-0.1, -0.05) is 132 Å². The summed E-state index contributed by atoms with van der Waals surface area (Å²) in [6, 6.07) is 0. The van der Waals surface area contributed by atoms with Crippen molar-refractivity contribution in [2.24, 2.45) is 29.6 Å². The molecule has 0 aromatic carbocycles. The van der Waals surface area contributed by atoms with Gasteiger partial charge in [-0.3, -0.25) is 0 Å². The first kappa shape index (κ1) is 49.1. The molecule has 0 rings (SSSR count). The van der Waals surface area contributed by atoms with E-state index >= 15 is 0 Å². The molecule has 0 aliphatic carbocycles. The van der Waals surface area contributed by atoms with Crippen molar-refractivity contribution in [2.45, 2.75) is 207 Å². The van der Waals surface area contributed by atoms with Crippen LogP contribution in [0.5, 0.6) is 0 Å². The fraction of sp³-hybridized carbons (Fsp3) is 1.00. The molecule has 0 amide bonds. The molecular formula is C41H88O2Sn. The number of unbranched alkanes of at least 4 members (excludes halogenated alkanes) is 5. The van der Waals surface area contributed by atoms with E-state index in [1.165, 1.54) is 128 Å². The number of hydrogen-bond acceptors (Lipinski definition) is 2. The normalized spacial score (nSPS) is 14.5. The molecule has 2 nitrogen and oxygen atoms in total. The van der Waals surface area contributed by atoms with Crippen molar-refractivity contribution in [1.82, 2.24) is 0 Å². The van der Waals surface area contributed by atoms with Crippen LogP contribution in [0.15, 0.2) is 0 Å². The summed E-state index contributed by atoms with van der Waals surface area (Å²) < 4.78 is 13.5. The zero-order chi connectivity index (χ0) is 33.7. The van der Waals surface area contributed by atoms with Crippen LogP contribution in [0.1, 0.15) is 198 Å². The van der Waals surface area contributed by atoms with Crippen LogP contribution in [-0.4, -0.2) is 47.6 Å². The van der Waals surface area contributed by atoms with Gasteiger partial charge in [0.25, 0.3) is 0 Å². The Bertz CT molecular complexity index is 419. The maximum atomic E-state index is 5.93. The van der Waals surface area contributed by atoms with E-state index in [4.69, 9.17) is 9.47 Å². The second-order valence-electron chi connectivity index (χ2n) is 13.7. The molecule has 0 saturated heterocycles. The van der Waals surface area contributed by atoms with Crippen LogP contribution in [0.4, 0.5) is 0 Å². The first-order valence-electron chi connectivity index (χ1n) is 20.2. The quantitative estimate of drug-likeness (QED) is 0.0685. The van der Waals surface area contributed by atoms with Crippen molar-refractivity contribution in [2.75, 3.05) is 26.4 Å². The Kier molecular flexibility index (Phi) is 46.6. The number of rotatable bonds is 30. The molecule has 0 fully saturated rings. The molecule has 0 N–H and O–H groups in total. The molecule has 2 radical (unpaired) electrons. The molecule has 0 spiro atoms. The van der Waals surface area contributed by atoms with Crippen molar-refractivity contribution in [3.63, 3.8) is 0 Å². The molecule has 268 valence electrons. The van der Waals surface area contributed by atoms with Gasteiger partial charge in [0, 0.05) is 26.4 Å². The number of hydrogen-bond donors (Lipinski definition) is 0. The summed E-state index contributed by atoms with van der Waals surface area (Å²) in [5.41, 5.74) is 0. The standard InChI is InChI=1S/2C16H34O.C8H17.CH3.Sn/c2*1-5-9-11-15(7-3)13-17-14-16(8-4)12-10-6-2;1-4-6-7-8(3)5-2;;/h2*15-16H,5-14H2,1-4H3;8H,3-7H2,1-2H3;1H3;. The molecule has 0 saturated carbocycles. The Morgan fingerprint density at radius 2 is 0.591 bits per heavy atom. The zero-order valence-corrected chi connectivity index (χ0v) is 35.7. The summed E-state index contributed by atoms with van der Waals surface area (Å²) >= 11 is 0.0956. The van der Waals surface area contributed by atoms with Crippen LogP contribution in [0.25, 0.3) is 0 Å². The Hall–Kier alpha value is 0.719. The minimum atomic E-state index is 0.0956. The maximum absolute atomic E-state index is 5.93. The van der Waals surface area contributed by atoms with Gasteiger partial charge in [0.1, 0.15) is 0 Å². The number of ether oxygens (including phenoxy) is 2. The van der Waals surface area contributed by atoms with E-state index in [1.54, 1.807) is 4.44 Å². The molecule has 5 unspecified atom stereocenters. The fourth-order valence-electron chi connectivity index (χ4n) is 5.63. The van der Waals surface area contributed by atoms with Gasteiger partial charge in [-0.15, -0.1) is 0 Å². The third kappa shape index (κ3) is 35.6. The molecular weight excluding hydrogens is 643 g/mol. The van der Waals surface area contributed by atoms with Crippen molar-refractivity contribution in [3.8, 4) is 0 Å². The van der Waals surface area contributed by atoms with Crippen molar-refractivity contribution in [1.29, 1.82) is 0 Å². The second-order valence-corrected chi connectivity index (χ2v) is 16.9. The minimum absolute atomic E-state index is 0.0956. The summed E-state index contributed by atoms with van der Waals surface area (Å²) in [5.74, 6) is 4.26. The van der Waals surface area contributed by atoms with E-state index in [-0.39, 0.29) is 21.1 Å². The van der Waals surface area contributed by atoms with Gasteiger partial charge in [-0.2, -0.15) is 0 Å². The summed E-state index contributed by atoms with van der Waals surface area (Å²) in [6.45, 7) is 26.8. The Labute approximate surface area is 292 Å². The Morgan fingerprint density at radius 3 is 0.773 bits per heavy atom. The van der Waals surface area contributed by atoms with Gasteiger partial charge >= 0.3 is 76.0 Å². The predicted octanol–water partition coefficient (Wildman–Crippen LogP) is 14.2. The van der Waals surface area contributed by atoms with Gasteiger partial charge in [-0.25, -0.2) is 0 Å². The van der Waals surface area contributed by atoms with Gasteiger partial charge < -0.3 is 9.47 Å². The average molecular weight is 732 g/mol. The van der Waals surface area contributed by atoms with E-state index in [2.05, 4.69) is 74.2 Å². The van der Waals surface area contributed by atoms with Gasteiger partial charge in [0.05, 0.1) is 0 Å². The monoisotopic (exact) mass is 733 g/mol. The van der Waals surface area contributed by atoms with Crippen molar-refractivity contribution in [3.05, 3.63) is 0 Å². The van der Waals surface area contributed by atoms with Gasteiger partial charge in [0.2, 0.25) is 0 Å². The molecule has 44 heavy (non-hydrogen) atoms. The summed E-state index contributed by atoms with van der Waals surface area (Å²) in [4.78, 5) is 2.46. The topological polar surface area (TPSA) is 18.5 Å². The van der Waals surface area contributed by atoms with E-state index in [0.717, 1.165) is 56.0 Å². The molecule has 0 aliphatic rings. The second kappa shape index (κ2) is 41.7. The molecule has 0 aromatic heterocycles.